The highest BCUT2D eigenvalue weighted by atomic mass is 32.1. The van der Waals surface area contributed by atoms with Crippen molar-refractivity contribution in [1.29, 1.82) is 0 Å². The van der Waals surface area contributed by atoms with Crippen LogP contribution in [0.5, 0.6) is 11.5 Å². The molecule has 1 heterocycles. The highest BCUT2D eigenvalue weighted by molar-refractivity contribution is 7.13. The van der Waals surface area contributed by atoms with Gasteiger partial charge in [0.1, 0.15) is 0 Å². The van der Waals surface area contributed by atoms with Crippen LogP contribution in [-0.2, 0) is 0 Å². The molecule has 0 unspecified atom stereocenters. The van der Waals surface area contributed by atoms with Crippen molar-refractivity contribution < 1.29 is 9.47 Å². The minimum atomic E-state index is 0.660. The number of nitrogens with zero attached hydrogens (tertiary/aromatic N) is 2. The molecule has 0 aliphatic rings. The summed E-state index contributed by atoms with van der Waals surface area (Å²) in [5, 5.41) is 6.93. The van der Waals surface area contributed by atoms with Gasteiger partial charge in [0.25, 0.3) is 0 Å². The van der Waals surface area contributed by atoms with Gasteiger partial charge in [0.15, 0.2) is 11.5 Å². The van der Waals surface area contributed by atoms with Crippen LogP contribution in [0.25, 0.3) is 0 Å². The highest BCUT2D eigenvalue weighted by Crippen LogP contribution is 2.27. The number of hydrogen-bond acceptors (Lipinski definition) is 6. The van der Waals surface area contributed by atoms with E-state index in [0.717, 1.165) is 34.3 Å². The first-order valence-corrected chi connectivity index (χ1v) is 7.63. The predicted molar refractivity (Wildman–Crippen MR) is 86.8 cm³/mol. The van der Waals surface area contributed by atoms with Crippen LogP contribution in [0.3, 0.4) is 0 Å². The molecule has 0 aliphatic carbocycles. The summed E-state index contributed by atoms with van der Waals surface area (Å²) in [5.74, 6) is 1.46. The quantitative estimate of drug-likeness (QED) is 0.626. The summed E-state index contributed by atoms with van der Waals surface area (Å²) < 4.78 is 10.9. The van der Waals surface area contributed by atoms with E-state index in [1.807, 2.05) is 30.5 Å². The Kier molecular flexibility index (Phi) is 5.57. The van der Waals surface area contributed by atoms with Crippen LogP contribution >= 0.6 is 11.3 Å². The van der Waals surface area contributed by atoms with E-state index < -0.39 is 0 Å². The summed E-state index contributed by atoms with van der Waals surface area (Å²) in [6.07, 6.45) is 2.68. The normalized spacial score (nSPS) is 10.8. The molecular formula is C15H19N3O2S. The van der Waals surface area contributed by atoms with Crippen LogP contribution in [0, 0.1) is 6.92 Å². The second-order valence-electron chi connectivity index (χ2n) is 4.42. The Bertz CT molecular complexity index is 611. The van der Waals surface area contributed by atoms with Crippen molar-refractivity contribution in [3.63, 3.8) is 0 Å². The van der Waals surface area contributed by atoms with Gasteiger partial charge in [-0.25, -0.2) is 4.98 Å². The molecule has 21 heavy (non-hydrogen) atoms. The zero-order valence-corrected chi connectivity index (χ0v) is 13.2. The Balaban J connectivity index is 2.05. The smallest absolute Gasteiger partial charge is 0.203 e. The average molecular weight is 305 g/mol. The third kappa shape index (κ3) is 4.46. The van der Waals surface area contributed by atoms with Crippen molar-refractivity contribution in [3.05, 3.63) is 34.8 Å². The summed E-state index contributed by atoms with van der Waals surface area (Å²) in [5.41, 5.74) is 4.83. The third-order valence-electron chi connectivity index (χ3n) is 2.64. The Hall–Kier alpha value is -2.08. The number of rotatable bonds is 7. The van der Waals surface area contributed by atoms with Gasteiger partial charge in [-0.2, -0.15) is 5.10 Å². The average Bonchev–Trinajstić information content (AvgIpc) is 2.91. The fourth-order valence-corrected chi connectivity index (χ4v) is 2.30. The fourth-order valence-electron chi connectivity index (χ4n) is 1.67. The van der Waals surface area contributed by atoms with Crippen LogP contribution in [-0.4, -0.2) is 24.9 Å². The van der Waals surface area contributed by atoms with Crippen LogP contribution in [0.1, 0.15) is 24.6 Å². The molecule has 112 valence electrons. The molecule has 0 aliphatic heterocycles. The molecule has 0 fully saturated rings. The maximum atomic E-state index is 5.67. The van der Waals surface area contributed by atoms with E-state index in [1.54, 1.807) is 13.3 Å². The van der Waals surface area contributed by atoms with E-state index in [2.05, 4.69) is 22.4 Å². The third-order valence-corrected chi connectivity index (χ3v) is 3.51. The van der Waals surface area contributed by atoms with E-state index in [0.29, 0.717) is 6.61 Å². The number of thiazole rings is 1. The van der Waals surface area contributed by atoms with Gasteiger partial charge in [0.05, 0.1) is 25.6 Å². The van der Waals surface area contributed by atoms with E-state index in [9.17, 15) is 0 Å². The molecule has 0 bridgehead atoms. The number of hydrogen-bond donors (Lipinski definition) is 1. The van der Waals surface area contributed by atoms with Crippen molar-refractivity contribution in [2.24, 2.45) is 5.10 Å². The monoisotopic (exact) mass is 305 g/mol. The lowest BCUT2D eigenvalue weighted by Crippen LogP contribution is -1.99. The molecule has 1 aromatic heterocycles. The minimum Gasteiger partial charge on any atom is -0.493 e. The SMILES string of the molecule is CCCOc1cc(C=NNc2nc(C)cs2)ccc1OC. The lowest BCUT2D eigenvalue weighted by molar-refractivity contribution is 0.294. The van der Waals surface area contributed by atoms with E-state index in [4.69, 9.17) is 9.47 Å². The van der Waals surface area contributed by atoms with E-state index >= 15 is 0 Å². The summed E-state index contributed by atoms with van der Waals surface area (Å²) in [6, 6.07) is 5.71. The Morgan fingerprint density at radius 1 is 1.38 bits per heavy atom. The lowest BCUT2D eigenvalue weighted by atomic mass is 10.2. The van der Waals surface area contributed by atoms with Crippen LogP contribution in [0.15, 0.2) is 28.7 Å². The Morgan fingerprint density at radius 3 is 2.90 bits per heavy atom. The second kappa shape index (κ2) is 7.64. The molecule has 0 radical (unpaired) electrons. The standard InChI is InChI=1S/C15H19N3O2S/c1-4-7-20-14-8-12(5-6-13(14)19-3)9-16-18-15-17-11(2)10-21-15/h5-6,8-10H,4,7H2,1-3H3,(H,17,18). The molecule has 2 rings (SSSR count). The minimum absolute atomic E-state index is 0.660. The van der Waals surface area contributed by atoms with Gasteiger partial charge in [-0.15, -0.1) is 11.3 Å². The molecule has 2 aromatic rings. The number of benzene rings is 1. The molecule has 0 saturated heterocycles. The van der Waals surface area contributed by atoms with Crippen molar-refractivity contribution >= 4 is 22.7 Å². The van der Waals surface area contributed by atoms with Crippen LogP contribution in [0.2, 0.25) is 0 Å². The largest absolute Gasteiger partial charge is 0.493 e. The predicted octanol–water partition coefficient (Wildman–Crippen LogP) is 3.69. The van der Waals surface area contributed by atoms with E-state index in [-0.39, 0.29) is 0 Å². The van der Waals surface area contributed by atoms with Crippen molar-refractivity contribution in [2.75, 3.05) is 19.1 Å². The molecule has 1 N–H and O–H groups in total. The first-order valence-electron chi connectivity index (χ1n) is 6.75. The molecule has 5 nitrogen and oxygen atoms in total. The number of nitrogens with one attached hydrogen (secondary N) is 1. The van der Waals surface area contributed by atoms with Crippen molar-refractivity contribution in [1.82, 2.24) is 4.98 Å². The topological polar surface area (TPSA) is 55.7 Å². The number of ether oxygens (including phenoxy) is 2. The first-order chi connectivity index (χ1) is 10.2. The summed E-state index contributed by atoms with van der Waals surface area (Å²) >= 11 is 1.52. The number of methoxy groups -OCH3 is 1. The number of aromatic nitrogens is 1. The zero-order valence-electron chi connectivity index (χ0n) is 12.4. The Labute approximate surface area is 128 Å². The van der Waals surface area contributed by atoms with Crippen molar-refractivity contribution in [2.45, 2.75) is 20.3 Å². The van der Waals surface area contributed by atoms with Gasteiger partial charge < -0.3 is 9.47 Å². The molecule has 0 atom stereocenters. The number of anilines is 1. The van der Waals surface area contributed by atoms with Gasteiger partial charge in [-0.05, 0) is 37.1 Å². The first kappa shape index (κ1) is 15.3. The lowest BCUT2D eigenvalue weighted by Gasteiger charge is -2.10. The van der Waals surface area contributed by atoms with Crippen LogP contribution in [0.4, 0.5) is 5.13 Å². The number of aryl methyl sites for hydroxylation is 1. The molecule has 0 spiro atoms. The number of hydrazone groups is 1. The van der Waals surface area contributed by atoms with Crippen LogP contribution < -0.4 is 14.9 Å². The van der Waals surface area contributed by atoms with Gasteiger partial charge in [0, 0.05) is 5.38 Å². The fraction of sp³-hybridized carbons (Fsp3) is 0.333. The summed E-state index contributed by atoms with van der Waals surface area (Å²) in [4.78, 5) is 4.28. The second-order valence-corrected chi connectivity index (χ2v) is 5.28. The van der Waals surface area contributed by atoms with Gasteiger partial charge in [-0.1, -0.05) is 6.92 Å². The highest BCUT2D eigenvalue weighted by Gasteiger charge is 2.04. The van der Waals surface area contributed by atoms with Gasteiger partial charge in [0.2, 0.25) is 5.13 Å². The van der Waals surface area contributed by atoms with Gasteiger partial charge >= 0.3 is 0 Å². The molecule has 6 heteroatoms. The zero-order chi connectivity index (χ0) is 15.1. The van der Waals surface area contributed by atoms with Crippen molar-refractivity contribution in [3.8, 4) is 11.5 Å². The Morgan fingerprint density at radius 2 is 2.24 bits per heavy atom. The maximum Gasteiger partial charge on any atom is 0.203 e. The van der Waals surface area contributed by atoms with Gasteiger partial charge in [-0.3, -0.25) is 5.43 Å². The van der Waals surface area contributed by atoms with E-state index in [1.165, 1.54) is 11.3 Å². The molecule has 0 amide bonds. The maximum absolute atomic E-state index is 5.67. The molecular weight excluding hydrogens is 286 g/mol. The molecule has 0 saturated carbocycles. The summed E-state index contributed by atoms with van der Waals surface area (Å²) in [6.45, 7) is 4.68. The summed E-state index contributed by atoms with van der Waals surface area (Å²) in [7, 11) is 1.63. The molecule has 1 aromatic carbocycles.